The van der Waals surface area contributed by atoms with E-state index < -0.39 is 0 Å². The van der Waals surface area contributed by atoms with Crippen molar-refractivity contribution in [3.05, 3.63) is 0 Å². The Bertz CT molecular complexity index is 236. The maximum absolute atomic E-state index is 11.8. The van der Waals surface area contributed by atoms with E-state index in [1.54, 1.807) is 0 Å². The van der Waals surface area contributed by atoms with Crippen LogP contribution in [0.3, 0.4) is 0 Å². The summed E-state index contributed by atoms with van der Waals surface area (Å²) < 4.78 is 0. The molecule has 2 saturated heterocycles. The average Bonchev–Trinajstić information content (AvgIpc) is 2.61. The van der Waals surface area contributed by atoms with Crippen LogP contribution in [0.1, 0.15) is 39.0 Å². The van der Waals surface area contributed by atoms with Crippen molar-refractivity contribution in [2.45, 2.75) is 39.0 Å². The summed E-state index contributed by atoms with van der Waals surface area (Å²) in [6.07, 6.45) is 5.77. The van der Waals surface area contributed by atoms with Crippen LogP contribution in [-0.4, -0.2) is 37.0 Å². The lowest BCUT2D eigenvalue weighted by Gasteiger charge is -2.27. The number of hydrogen-bond acceptors (Lipinski definition) is 2. The first-order valence-corrected chi connectivity index (χ1v) is 6.78. The summed E-state index contributed by atoms with van der Waals surface area (Å²) in [4.78, 5) is 13.9. The first-order valence-electron chi connectivity index (χ1n) is 6.78. The molecule has 0 aliphatic carbocycles. The van der Waals surface area contributed by atoms with E-state index in [2.05, 4.69) is 17.1 Å². The Balaban J connectivity index is 1.78. The molecule has 2 aliphatic heterocycles. The number of nitrogens with zero attached hydrogens (tertiary/aromatic N) is 1. The highest BCUT2D eigenvalue weighted by Crippen LogP contribution is 2.24. The van der Waals surface area contributed by atoms with Gasteiger partial charge in [0, 0.05) is 19.5 Å². The fourth-order valence-corrected chi connectivity index (χ4v) is 3.02. The Morgan fingerprint density at radius 2 is 2.31 bits per heavy atom. The number of piperidine rings is 1. The number of rotatable bonds is 4. The summed E-state index contributed by atoms with van der Waals surface area (Å²) in [6, 6.07) is 0. The molecule has 1 amide bonds. The first kappa shape index (κ1) is 11.9. The predicted octanol–water partition coefficient (Wildman–Crippen LogP) is 1.63. The van der Waals surface area contributed by atoms with Crippen LogP contribution in [0.2, 0.25) is 0 Å². The predicted molar refractivity (Wildman–Crippen MR) is 65.2 cm³/mol. The fourth-order valence-electron chi connectivity index (χ4n) is 3.02. The van der Waals surface area contributed by atoms with E-state index in [-0.39, 0.29) is 0 Å². The van der Waals surface area contributed by atoms with Gasteiger partial charge in [0.1, 0.15) is 0 Å². The lowest BCUT2D eigenvalue weighted by Crippen LogP contribution is -2.38. The number of carbonyl (C=O) groups is 1. The maximum Gasteiger partial charge on any atom is 0.222 e. The fraction of sp³-hybridized carbons (Fsp3) is 0.923. The number of likely N-dealkylation sites (tertiary alicyclic amines) is 1. The lowest BCUT2D eigenvalue weighted by molar-refractivity contribution is -0.128. The monoisotopic (exact) mass is 224 g/mol. The van der Waals surface area contributed by atoms with E-state index in [1.165, 1.54) is 25.7 Å². The molecule has 0 saturated carbocycles. The molecule has 2 atom stereocenters. The zero-order valence-corrected chi connectivity index (χ0v) is 10.4. The summed E-state index contributed by atoms with van der Waals surface area (Å²) in [5, 5.41) is 3.42. The largest absolute Gasteiger partial charge is 0.342 e. The van der Waals surface area contributed by atoms with Crippen molar-refractivity contribution >= 4 is 5.91 Å². The van der Waals surface area contributed by atoms with E-state index in [9.17, 15) is 4.79 Å². The molecule has 2 rings (SSSR count). The molecule has 2 heterocycles. The number of nitrogens with one attached hydrogen (secondary N) is 1. The SMILES string of the molecule is CCCC1CC(=O)N(CC2CCCNC2)C1. The molecule has 0 aromatic rings. The van der Waals surface area contributed by atoms with Crippen LogP contribution in [0.25, 0.3) is 0 Å². The lowest BCUT2D eigenvalue weighted by atomic mass is 9.99. The molecule has 0 spiro atoms. The Hall–Kier alpha value is -0.570. The second-order valence-electron chi connectivity index (χ2n) is 5.37. The molecule has 2 fully saturated rings. The van der Waals surface area contributed by atoms with Crippen LogP contribution in [-0.2, 0) is 4.79 Å². The quantitative estimate of drug-likeness (QED) is 0.787. The summed E-state index contributed by atoms with van der Waals surface area (Å²) in [6.45, 7) is 6.47. The van der Waals surface area contributed by atoms with Crippen molar-refractivity contribution in [3.8, 4) is 0 Å². The topological polar surface area (TPSA) is 32.3 Å². The average molecular weight is 224 g/mol. The molecule has 0 bridgehead atoms. The Morgan fingerprint density at radius 3 is 3.00 bits per heavy atom. The normalized spacial score (nSPS) is 31.1. The van der Waals surface area contributed by atoms with E-state index in [0.29, 0.717) is 17.7 Å². The van der Waals surface area contributed by atoms with E-state index >= 15 is 0 Å². The van der Waals surface area contributed by atoms with Crippen LogP contribution in [0.15, 0.2) is 0 Å². The zero-order chi connectivity index (χ0) is 11.4. The molecule has 0 radical (unpaired) electrons. The van der Waals surface area contributed by atoms with Gasteiger partial charge in [0.15, 0.2) is 0 Å². The van der Waals surface area contributed by atoms with E-state index in [0.717, 1.165) is 32.6 Å². The Kier molecular flexibility index (Phi) is 4.22. The van der Waals surface area contributed by atoms with Gasteiger partial charge in [-0.15, -0.1) is 0 Å². The second kappa shape index (κ2) is 5.67. The molecule has 3 nitrogen and oxygen atoms in total. The smallest absolute Gasteiger partial charge is 0.222 e. The molecular formula is C13H24N2O. The summed E-state index contributed by atoms with van der Waals surface area (Å²) in [5.41, 5.74) is 0. The number of carbonyl (C=O) groups excluding carboxylic acids is 1. The minimum absolute atomic E-state index is 0.393. The molecule has 0 aromatic heterocycles. The zero-order valence-electron chi connectivity index (χ0n) is 10.4. The van der Waals surface area contributed by atoms with Crippen LogP contribution in [0.5, 0.6) is 0 Å². The third-order valence-electron chi connectivity index (χ3n) is 3.87. The van der Waals surface area contributed by atoms with Gasteiger partial charge in [0.05, 0.1) is 0 Å². The van der Waals surface area contributed by atoms with Crippen molar-refractivity contribution in [2.75, 3.05) is 26.2 Å². The van der Waals surface area contributed by atoms with Gasteiger partial charge >= 0.3 is 0 Å². The van der Waals surface area contributed by atoms with Gasteiger partial charge in [-0.2, -0.15) is 0 Å². The summed E-state index contributed by atoms with van der Waals surface area (Å²) in [5.74, 6) is 1.72. The van der Waals surface area contributed by atoms with Gasteiger partial charge in [-0.25, -0.2) is 0 Å². The van der Waals surface area contributed by atoms with Crippen molar-refractivity contribution in [1.29, 1.82) is 0 Å². The van der Waals surface area contributed by atoms with Gasteiger partial charge in [0.2, 0.25) is 5.91 Å². The van der Waals surface area contributed by atoms with Crippen molar-refractivity contribution in [2.24, 2.45) is 11.8 Å². The van der Waals surface area contributed by atoms with Crippen molar-refractivity contribution in [1.82, 2.24) is 10.2 Å². The molecule has 2 aliphatic rings. The highest BCUT2D eigenvalue weighted by molar-refractivity contribution is 5.78. The molecular weight excluding hydrogens is 200 g/mol. The molecule has 16 heavy (non-hydrogen) atoms. The van der Waals surface area contributed by atoms with Crippen LogP contribution in [0.4, 0.5) is 0 Å². The van der Waals surface area contributed by atoms with Gasteiger partial charge < -0.3 is 10.2 Å². The van der Waals surface area contributed by atoms with Crippen molar-refractivity contribution in [3.63, 3.8) is 0 Å². The standard InChI is InChI=1S/C13H24N2O/c1-2-4-11-7-13(16)15(9-11)10-12-5-3-6-14-8-12/h11-12,14H,2-10H2,1H3. The van der Waals surface area contributed by atoms with Crippen LogP contribution >= 0.6 is 0 Å². The van der Waals surface area contributed by atoms with Gasteiger partial charge in [-0.1, -0.05) is 13.3 Å². The summed E-state index contributed by atoms with van der Waals surface area (Å²) in [7, 11) is 0. The van der Waals surface area contributed by atoms with E-state index in [4.69, 9.17) is 0 Å². The molecule has 1 N–H and O–H groups in total. The van der Waals surface area contributed by atoms with Crippen LogP contribution in [0, 0.1) is 11.8 Å². The Morgan fingerprint density at radius 1 is 1.44 bits per heavy atom. The van der Waals surface area contributed by atoms with E-state index in [1.807, 2.05) is 0 Å². The minimum atomic E-state index is 0.393. The number of amides is 1. The van der Waals surface area contributed by atoms with Crippen molar-refractivity contribution < 1.29 is 4.79 Å². The van der Waals surface area contributed by atoms with Gasteiger partial charge in [-0.3, -0.25) is 4.79 Å². The maximum atomic E-state index is 11.8. The highest BCUT2D eigenvalue weighted by atomic mass is 16.2. The second-order valence-corrected chi connectivity index (χ2v) is 5.37. The molecule has 92 valence electrons. The number of hydrogen-bond donors (Lipinski definition) is 1. The summed E-state index contributed by atoms with van der Waals surface area (Å²) >= 11 is 0. The third-order valence-corrected chi connectivity index (χ3v) is 3.87. The van der Waals surface area contributed by atoms with Gasteiger partial charge in [0.25, 0.3) is 0 Å². The molecule has 0 aromatic carbocycles. The molecule has 2 unspecified atom stereocenters. The Labute approximate surface area is 98.6 Å². The van der Waals surface area contributed by atoms with Gasteiger partial charge in [-0.05, 0) is 44.2 Å². The van der Waals surface area contributed by atoms with Crippen LogP contribution < -0.4 is 5.32 Å². The minimum Gasteiger partial charge on any atom is -0.342 e. The first-order chi connectivity index (χ1) is 7.79. The highest BCUT2D eigenvalue weighted by Gasteiger charge is 2.30. The molecule has 3 heteroatoms. The third kappa shape index (κ3) is 2.97.